The Hall–Kier alpha value is -3.43. The van der Waals surface area contributed by atoms with E-state index in [2.05, 4.69) is 48.5 Å². The van der Waals surface area contributed by atoms with Crippen LogP contribution in [-0.2, 0) is 24.6 Å². The molecule has 3 heterocycles. The Morgan fingerprint density at radius 1 is 1.23 bits per heavy atom. The molecule has 5 rings (SSSR count). The summed E-state index contributed by atoms with van der Waals surface area (Å²) in [7, 11) is 1.85. The summed E-state index contributed by atoms with van der Waals surface area (Å²) < 4.78 is 19.4. The van der Waals surface area contributed by atoms with Gasteiger partial charge < -0.3 is 24.6 Å². The van der Waals surface area contributed by atoms with E-state index in [-0.39, 0.29) is 17.2 Å². The van der Waals surface area contributed by atoms with Gasteiger partial charge in [-0.25, -0.2) is 0 Å². The topological polar surface area (TPSA) is 108 Å². The fourth-order valence-electron chi connectivity index (χ4n) is 5.00. The van der Waals surface area contributed by atoms with Gasteiger partial charge in [-0.2, -0.15) is 0 Å². The van der Waals surface area contributed by atoms with E-state index in [0.717, 1.165) is 33.7 Å². The Balaban J connectivity index is 1.43. The maximum Gasteiger partial charge on any atom is 0.255 e. The lowest BCUT2D eigenvalue weighted by Crippen LogP contribution is -2.40. The number of aliphatic hydroxyl groups is 1. The molecule has 9 heteroatoms. The van der Waals surface area contributed by atoms with Crippen LogP contribution in [0.2, 0.25) is 0 Å². The van der Waals surface area contributed by atoms with Gasteiger partial charge in [0.2, 0.25) is 0 Å². The molecular weight excluding hydrogens is 496 g/mol. The maximum atomic E-state index is 13.6. The molecule has 1 aromatic heterocycles. The number of aromatic nitrogens is 3. The molecule has 208 valence electrons. The third-order valence-corrected chi connectivity index (χ3v) is 7.13. The van der Waals surface area contributed by atoms with Crippen molar-refractivity contribution in [1.29, 1.82) is 0 Å². The van der Waals surface area contributed by atoms with Crippen molar-refractivity contribution in [3.8, 4) is 22.8 Å². The molecule has 2 aliphatic heterocycles. The second kappa shape index (κ2) is 11.4. The van der Waals surface area contributed by atoms with Gasteiger partial charge in [0, 0.05) is 50.1 Å². The van der Waals surface area contributed by atoms with Gasteiger partial charge in [-0.3, -0.25) is 9.48 Å². The number of ether oxygens (including phenoxy) is 3. The molecular formula is C30H38N4O5. The van der Waals surface area contributed by atoms with E-state index >= 15 is 0 Å². The van der Waals surface area contributed by atoms with Crippen molar-refractivity contribution in [2.75, 3.05) is 33.0 Å². The molecule has 2 aliphatic rings. The van der Waals surface area contributed by atoms with Crippen LogP contribution >= 0.6 is 0 Å². The number of carbonyl (C=O) groups is 1. The number of carbonyl (C=O) groups excluding carboxylic acids is 1. The number of nitrogens with zero attached hydrogens (tertiary/aromatic N) is 3. The van der Waals surface area contributed by atoms with Gasteiger partial charge in [-0.05, 0) is 29.0 Å². The van der Waals surface area contributed by atoms with Gasteiger partial charge in [-0.1, -0.05) is 50.3 Å². The van der Waals surface area contributed by atoms with Crippen LogP contribution in [-0.4, -0.2) is 65.1 Å². The van der Waals surface area contributed by atoms with Crippen LogP contribution in [0.3, 0.4) is 0 Å². The summed E-state index contributed by atoms with van der Waals surface area (Å²) in [5.41, 5.74) is 5.25. The molecule has 0 aliphatic carbocycles. The van der Waals surface area contributed by atoms with E-state index in [1.807, 2.05) is 31.4 Å². The van der Waals surface area contributed by atoms with Crippen LogP contribution in [0.4, 0.5) is 0 Å². The molecule has 1 saturated heterocycles. The first kappa shape index (κ1) is 27.1. The van der Waals surface area contributed by atoms with Gasteiger partial charge in [0.25, 0.3) is 5.91 Å². The Morgan fingerprint density at radius 2 is 2.03 bits per heavy atom. The van der Waals surface area contributed by atoms with Crippen molar-refractivity contribution in [2.45, 2.75) is 46.1 Å². The molecule has 2 N–H and O–H groups in total. The number of nitrogens with one attached hydrogen (secondary N) is 1. The Kier molecular flexibility index (Phi) is 7.91. The Morgan fingerprint density at radius 3 is 2.72 bits per heavy atom. The monoisotopic (exact) mass is 534 g/mol. The minimum Gasteiger partial charge on any atom is -0.493 e. The largest absolute Gasteiger partial charge is 0.493 e. The van der Waals surface area contributed by atoms with E-state index < -0.39 is 6.10 Å². The van der Waals surface area contributed by atoms with Crippen molar-refractivity contribution < 1.29 is 24.1 Å². The number of hydrogen-bond donors (Lipinski definition) is 2. The molecule has 2 atom stereocenters. The van der Waals surface area contributed by atoms with E-state index in [1.54, 1.807) is 4.68 Å². The lowest BCUT2D eigenvalue weighted by molar-refractivity contribution is -0.0425. The molecule has 0 radical (unpaired) electrons. The van der Waals surface area contributed by atoms with Gasteiger partial charge in [0.05, 0.1) is 37.7 Å². The predicted molar refractivity (Wildman–Crippen MR) is 147 cm³/mol. The van der Waals surface area contributed by atoms with Crippen LogP contribution < -0.4 is 14.8 Å². The minimum atomic E-state index is -0.579. The van der Waals surface area contributed by atoms with Crippen molar-refractivity contribution in [3.05, 3.63) is 58.8 Å². The molecule has 0 spiro atoms. The number of rotatable bonds is 8. The third kappa shape index (κ3) is 6.42. The van der Waals surface area contributed by atoms with Crippen LogP contribution in [0.5, 0.6) is 11.5 Å². The standard InChI is InChI=1S/C30H38N4O5/c1-30(2,3)18-39-28-23-10-12-38-27(23)22(13-19-5-7-20(8-6-19)25-16-34(4)33-32-25)14-24(28)29(36)31-15-21-9-11-37-17-26(21)35/h5-8,14,16,21,26,35H,9-13,15,17-18H2,1-4H3,(H,31,36)/t21?,26-/m0/s1. The van der Waals surface area contributed by atoms with Gasteiger partial charge >= 0.3 is 0 Å². The molecule has 39 heavy (non-hydrogen) atoms. The number of hydrogen-bond acceptors (Lipinski definition) is 7. The van der Waals surface area contributed by atoms with Crippen LogP contribution in [0.15, 0.2) is 36.5 Å². The average Bonchev–Trinajstić information content (AvgIpc) is 3.57. The molecule has 0 saturated carbocycles. The van der Waals surface area contributed by atoms with Crippen molar-refractivity contribution in [1.82, 2.24) is 20.3 Å². The fraction of sp³-hybridized carbons (Fsp3) is 0.500. The van der Waals surface area contributed by atoms with Crippen molar-refractivity contribution >= 4 is 5.91 Å². The Bertz CT molecular complexity index is 1310. The smallest absolute Gasteiger partial charge is 0.255 e. The normalized spacial score (nSPS) is 18.9. The van der Waals surface area contributed by atoms with Gasteiger partial charge in [0.15, 0.2) is 0 Å². The zero-order chi connectivity index (χ0) is 27.6. The molecule has 3 aromatic rings. The first-order valence-electron chi connectivity index (χ1n) is 13.6. The second-order valence-corrected chi connectivity index (χ2v) is 11.7. The van der Waals surface area contributed by atoms with E-state index in [0.29, 0.717) is 63.5 Å². The summed E-state index contributed by atoms with van der Waals surface area (Å²) in [4.78, 5) is 13.6. The van der Waals surface area contributed by atoms with Crippen molar-refractivity contribution in [2.24, 2.45) is 18.4 Å². The zero-order valence-corrected chi connectivity index (χ0v) is 23.2. The highest BCUT2D eigenvalue weighted by Gasteiger charge is 2.30. The quantitative estimate of drug-likeness (QED) is 0.455. The average molecular weight is 535 g/mol. The van der Waals surface area contributed by atoms with Crippen molar-refractivity contribution in [3.63, 3.8) is 0 Å². The molecule has 9 nitrogen and oxygen atoms in total. The summed E-state index contributed by atoms with van der Waals surface area (Å²) in [5.74, 6) is 1.18. The highest BCUT2D eigenvalue weighted by molar-refractivity contribution is 5.98. The van der Waals surface area contributed by atoms with Crippen LogP contribution in [0.1, 0.15) is 54.2 Å². The number of benzene rings is 2. The van der Waals surface area contributed by atoms with Crippen LogP contribution in [0, 0.1) is 11.3 Å². The third-order valence-electron chi connectivity index (χ3n) is 7.13. The molecule has 2 aromatic carbocycles. The molecule has 1 unspecified atom stereocenters. The number of amides is 1. The van der Waals surface area contributed by atoms with Gasteiger partial charge in [0.1, 0.15) is 17.2 Å². The lowest BCUT2D eigenvalue weighted by Gasteiger charge is -2.28. The highest BCUT2D eigenvalue weighted by Crippen LogP contribution is 2.41. The van der Waals surface area contributed by atoms with Gasteiger partial charge in [-0.15, -0.1) is 5.10 Å². The SMILES string of the molecule is Cn1cc(-c2ccc(Cc3cc(C(=O)NCC4CCOC[C@@H]4O)c(OCC(C)(C)C)c4c3OCC4)cc2)nn1. The van der Waals surface area contributed by atoms with E-state index in [4.69, 9.17) is 14.2 Å². The summed E-state index contributed by atoms with van der Waals surface area (Å²) >= 11 is 0. The first-order chi connectivity index (χ1) is 18.7. The maximum absolute atomic E-state index is 13.6. The predicted octanol–water partition coefficient (Wildman–Crippen LogP) is 3.56. The number of aliphatic hydroxyl groups excluding tert-OH is 1. The summed E-state index contributed by atoms with van der Waals surface area (Å²) in [6.45, 7) is 8.62. The minimum absolute atomic E-state index is 0.0355. The second-order valence-electron chi connectivity index (χ2n) is 11.7. The lowest BCUT2D eigenvalue weighted by atomic mass is 9.94. The molecule has 0 bridgehead atoms. The number of aryl methyl sites for hydroxylation is 1. The zero-order valence-electron chi connectivity index (χ0n) is 23.2. The highest BCUT2D eigenvalue weighted by atomic mass is 16.5. The van der Waals surface area contributed by atoms with E-state index in [1.165, 1.54) is 0 Å². The number of fused-ring (bicyclic) bond motifs is 1. The Labute approximate surface area is 229 Å². The molecule has 1 amide bonds. The summed E-state index contributed by atoms with van der Waals surface area (Å²) in [5, 5.41) is 21.5. The van der Waals surface area contributed by atoms with E-state index in [9.17, 15) is 9.90 Å². The summed E-state index contributed by atoms with van der Waals surface area (Å²) in [6, 6.07) is 10.1. The fourth-order valence-corrected chi connectivity index (χ4v) is 5.00. The summed E-state index contributed by atoms with van der Waals surface area (Å²) in [6.07, 6.45) is 3.32. The molecule has 1 fully saturated rings. The van der Waals surface area contributed by atoms with Crippen LogP contribution in [0.25, 0.3) is 11.3 Å². The first-order valence-corrected chi connectivity index (χ1v) is 13.6.